The molecule has 1 heterocycles. The molecule has 0 aliphatic rings. The van der Waals surface area contributed by atoms with E-state index in [1.54, 1.807) is 41.6 Å². The lowest BCUT2D eigenvalue weighted by Crippen LogP contribution is -2.17. The molecular weight excluding hydrogens is 570 g/mol. The van der Waals surface area contributed by atoms with Crippen molar-refractivity contribution < 1.29 is 28.4 Å². The van der Waals surface area contributed by atoms with Crippen molar-refractivity contribution in [3.8, 4) is 45.8 Å². The molecule has 1 aromatic heterocycles. The molecule has 8 nitrogen and oxygen atoms in total. The lowest BCUT2D eigenvalue weighted by Gasteiger charge is -2.23. The average Bonchev–Trinajstić information content (AvgIpc) is 3.07. The first-order valence-corrected chi connectivity index (χ1v) is 16.7. The number of methoxy groups -OCH3 is 6. The Hall–Kier alpha value is -3.55. The van der Waals surface area contributed by atoms with E-state index >= 15 is 0 Å². The van der Waals surface area contributed by atoms with E-state index in [-0.39, 0.29) is 11.2 Å². The molecule has 0 bridgehead atoms. The van der Waals surface area contributed by atoms with Gasteiger partial charge in [-0.25, -0.2) is 0 Å². The van der Waals surface area contributed by atoms with Gasteiger partial charge in [-0.2, -0.15) is 0 Å². The summed E-state index contributed by atoms with van der Waals surface area (Å²) in [6.45, 7) is 2.94. The van der Waals surface area contributed by atoms with Crippen molar-refractivity contribution in [1.29, 1.82) is 0 Å². The smallest absolute Gasteiger partial charge is 0.235 e. The zero-order chi connectivity index (χ0) is 32.6. The summed E-state index contributed by atoms with van der Waals surface area (Å²) in [6, 6.07) is 7.33. The van der Waals surface area contributed by atoms with Crippen LogP contribution in [0.3, 0.4) is 0 Å². The second kappa shape index (κ2) is 19.1. The van der Waals surface area contributed by atoms with Gasteiger partial charge in [-0.1, -0.05) is 90.4 Å². The zero-order valence-electron chi connectivity index (χ0n) is 28.7. The summed E-state index contributed by atoms with van der Waals surface area (Å²) in [7, 11) is 9.43. The number of unbranched alkanes of at least 4 members (excludes halogenated alkanes) is 13. The van der Waals surface area contributed by atoms with Crippen LogP contribution in [0, 0.1) is 0 Å². The van der Waals surface area contributed by atoms with E-state index in [4.69, 9.17) is 28.4 Å². The van der Waals surface area contributed by atoms with Gasteiger partial charge in [0.15, 0.2) is 17.2 Å². The molecule has 8 heteroatoms. The van der Waals surface area contributed by atoms with Gasteiger partial charge in [0, 0.05) is 24.2 Å². The normalized spacial score (nSPS) is 11.1. The van der Waals surface area contributed by atoms with Crippen molar-refractivity contribution in [3.05, 3.63) is 34.5 Å². The molecule has 0 radical (unpaired) electrons. The Morgan fingerprint density at radius 3 is 1.47 bits per heavy atom. The fourth-order valence-corrected chi connectivity index (χ4v) is 6.15. The zero-order valence-corrected chi connectivity index (χ0v) is 28.7. The van der Waals surface area contributed by atoms with Gasteiger partial charge in [-0.15, -0.1) is 0 Å². The molecule has 0 amide bonds. The number of ether oxygens (including phenoxy) is 6. The highest BCUT2D eigenvalue weighted by molar-refractivity contribution is 5.92. The van der Waals surface area contributed by atoms with Crippen LogP contribution in [-0.4, -0.2) is 47.2 Å². The van der Waals surface area contributed by atoms with Gasteiger partial charge in [0.05, 0.1) is 59.3 Å². The van der Waals surface area contributed by atoms with Crippen LogP contribution in [0.4, 0.5) is 0 Å². The summed E-state index contributed by atoms with van der Waals surface area (Å²) in [4.78, 5) is 14.0. The molecule has 0 spiro atoms. The fraction of sp³-hybridized carbons (Fsp3) is 0.595. The summed E-state index contributed by atoms with van der Waals surface area (Å²) in [5.41, 5.74) is 1.81. The van der Waals surface area contributed by atoms with Crippen LogP contribution in [0.25, 0.3) is 22.2 Å². The monoisotopic (exact) mass is 625 g/mol. The predicted molar refractivity (Wildman–Crippen MR) is 183 cm³/mol. The predicted octanol–water partition coefficient (Wildman–Crippen LogP) is 9.20. The summed E-state index contributed by atoms with van der Waals surface area (Å²) in [6.07, 6.45) is 18.0. The number of hydrogen-bond donors (Lipinski definition) is 0. The summed E-state index contributed by atoms with van der Waals surface area (Å²) in [5, 5.41) is 0.455. The Morgan fingerprint density at radius 2 is 1.02 bits per heavy atom. The third-order valence-corrected chi connectivity index (χ3v) is 8.60. The number of fused-ring (bicyclic) bond motifs is 1. The molecule has 2 aromatic carbocycles. The SMILES string of the molecule is CCCCCCCCCCCCCCCCn1c(-c2cc(OC)c(OC)c(OC)c2)c(OC)c(=O)c2c(OC)cc(OC)cc21. The molecule has 3 aromatic rings. The highest BCUT2D eigenvalue weighted by Gasteiger charge is 2.25. The minimum Gasteiger partial charge on any atom is -0.497 e. The Bertz CT molecular complexity index is 1370. The van der Waals surface area contributed by atoms with E-state index in [2.05, 4.69) is 11.5 Å². The summed E-state index contributed by atoms with van der Waals surface area (Å²) < 4.78 is 36.1. The van der Waals surface area contributed by atoms with Crippen LogP contribution in [-0.2, 0) is 6.54 Å². The quantitative estimate of drug-likeness (QED) is 0.103. The van der Waals surface area contributed by atoms with Gasteiger partial charge in [0.1, 0.15) is 11.5 Å². The van der Waals surface area contributed by atoms with Crippen LogP contribution >= 0.6 is 0 Å². The molecule has 45 heavy (non-hydrogen) atoms. The lowest BCUT2D eigenvalue weighted by atomic mass is 10.0. The Kier molecular flexibility index (Phi) is 15.2. The van der Waals surface area contributed by atoms with E-state index in [1.807, 2.05) is 18.2 Å². The molecular formula is C37H55NO7. The van der Waals surface area contributed by atoms with Gasteiger partial charge in [0.2, 0.25) is 11.2 Å². The number of aryl methyl sites for hydroxylation is 1. The second-order valence-corrected chi connectivity index (χ2v) is 11.6. The van der Waals surface area contributed by atoms with Gasteiger partial charge >= 0.3 is 0 Å². The number of hydrogen-bond acceptors (Lipinski definition) is 7. The van der Waals surface area contributed by atoms with Gasteiger partial charge in [-0.3, -0.25) is 4.79 Å². The molecule has 0 fully saturated rings. The van der Waals surface area contributed by atoms with Crippen molar-refractivity contribution in [2.45, 2.75) is 103 Å². The number of rotatable bonds is 22. The van der Waals surface area contributed by atoms with Crippen molar-refractivity contribution in [2.24, 2.45) is 0 Å². The molecule has 0 aliphatic carbocycles. The minimum atomic E-state index is -0.257. The number of pyridine rings is 1. The van der Waals surface area contributed by atoms with Crippen LogP contribution in [0.15, 0.2) is 29.1 Å². The van der Waals surface area contributed by atoms with E-state index in [0.717, 1.165) is 18.4 Å². The van der Waals surface area contributed by atoms with E-state index in [9.17, 15) is 4.79 Å². The molecule has 0 unspecified atom stereocenters. The third-order valence-electron chi connectivity index (χ3n) is 8.60. The van der Waals surface area contributed by atoms with Gasteiger partial charge < -0.3 is 33.0 Å². The Morgan fingerprint density at radius 1 is 0.533 bits per heavy atom. The standard InChI is InChI=1S/C37H55NO7/c1-8-9-10-11-12-13-14-15-16-17-18-19-20-21-22-38-29-25-28(40-2)26-30(41-3)33(29)35(39)37(45-7)34(38)27-23-31(42-4)36(44-6)32(24-27)43-5/h23-26H,8-22H2,1-7H3. The maximum Gasteiger partial charge on any atom is 0.235 e. The largest absolute Gasteiger partial charge is 0.497 e. The summed E-state index contributed by atoms with van der Waals surface area (Å²) >= 11 is 0. The third kappa shape index (κ3) is 9.24. The van der Waals surface area contributed by atoms with E-state index in [0.29, 0.717) is 51.9 Å². The second-order valence-electron chi connectivity index (χ2n) is 11.6. The number of nitrogens with zero attached hydrogens (tertiary/aromatic N) is 1. The van der Waals surface area contributed by atoms with Gasteiger partial charge in [-0.05, 0) is 18.6 Å². The first-order chi connectivity index (χ1) is 22.0. The van der Waals surface area contributed by atoms with Gasteiger partial charge in [0.25, 0.3) is 0 Å². The molecule has 0 saturated carbocycles. The Labute approximate surface area is 269 Å². The van der Waals surface area contributed by atoms with Crippen molar-refractivity contribution in [2.75, 3.05) is 42.7 Å². The Balaban J connectivity index is 1.85. The van der Waals surface area contributed by atoms with Crippen LogP contribution in [0.5, 0.6) is 34.5 Å². The van der Waals surface area contributed by atoms with Crippen molar-refractivity contribution in [1.82, 2.24) is 4.57 Å². The first-order valence-electron chi connectivity index (χ1n) is 16.7. The minimum absolute atomic E-state index is 0.227. The first kappa shape index (κ1) is 35.9. The topological polar surface area (TPSA) is 77.4 Å². The van der Waals surface area contributed by atoms with E-state index < -0.39 is 0 Å². The molecule has 0 saturated heterocycles. The maximum atomic E-state index is 14.0. The molecule has 250 valence electrons. The highest BCUT2D eigenvalue weighted by atomic mass is 16.5. The van der Waals surface area contributed by atoms with Crippen LogP contribution in [0.2, 0.25) is 0 Å². The molecule has 0 N–H and O–H groups in total. The van der Waals surface area contributed by atoms with Crippen molar-refractivity contribution >= 4 is 10.9 Å². The number of benzene rings is 2. The molecule has 0 aliphatic heterocycles. The van der Waals surface area contributed by atoms with Crippen LogP contribution in [0.1, 0.15) is 96.8 Å². The number of aromatic nitrogens is 1. The summed E-state index contributed by atoms with van der Waals surface area (Å²) in [5.74, 6) is 2.74. The fourth-order valence-electron chi connectivity index (χ4n) is 6.15. The molecule has 3 rings (SSSR count). The average molecular weight is 626 g/mol. The maximum absolute atomic E-state index is 14.0. The van der Waals surface area contributed by atoms with Crippen LogP contribution < -0.4 is 33.8 Å². The molecule has 0 atom stereocenters. The van der Waals surface area contributed by atoms with E-state index in [1.165, 1.54) is 84.2 Å². The van der Waals surface area contributed by atoms with Crippen molar-refractivity contribution in [3.63, 3.8) is 0 Å². The lowest BCUT2D eigenvalue weighted by molar-refractivity contribution is 0.324. The highest BCUT2D eigenvalue weighted by Crippen LogP contribution is 2.44.